The average molecular weight is 317 g/mol. The molecule has 0 radical (unpaired) electrons. The molecule has 0 fully saturated rings. The predicted octanol–water partition coefficient (Wildman–Crippen LogP) is 4.37. The highest BCUT2D eigenvalue weighted by molar-refractivity contribution is 9.10. The molecule has 2 aromatic rings. The van der Waals surface area contributed by atoms with E-state index in [1.165, 1.54) is 5.56 Å². The van der Waals surface area contributed by atoms with E-state index in [2.05, 4.69) is 47.1 Å². The zero-order chi connectivity index (χ0) is 13.7. The number of Topliss-reactive ketones (excluding diaryl/α,β-unsaturated/α-hetero) is 1. The van der Waals surface area contributed by atoms with Gasteiger partial charge in [-0.15, -0.1) is 0 Å². The second-order valence-electron chi connectivity index (χ2n) is 4.65. The van der Waals surface area contributed by atoms with Gasteiger partial charge in [-0.3, -0.25) is 4.79 Å². The summed E-state index contributed by atoms with van der Waals surface area (Å²) in [6, 6.07) is 16.2. The van der Waals surface area contributed by atoms with Gasteiger partial charge in [-0.05, 0) is 29.2 Å². The third-order valence-corrected chi connectivity index (χ3v) is 3.95. The quantitative estimate of drug-likeness (QED) is 0.800. The van der Waals surface area contributed by atoms with Crippen LogP contribution in [0.2, 0.25) is 0 Å². The Kier molecular flexibility index (Phi) is 4.92. The molecule has 0 N–H and O–H groups in total. The molecule has 0 aliphatic heterocycles. The van der Waals surface area contributed by atoms with E-state index in [0.717, 1.165) is 22.0 Å². The Labute approximate surface area is 122 Å². The summed E-state index contributed by atoms with van der Waals surface area (Å²) in [5.74, 6) is 0.246. The van der Waals surface area contributed by atoms with E-state index >= 15 is 0 Å². The maximum absolute atomic E-state index is 12.1. The molecule has 1 nitrogen and oxygen atoms in total. The molecule has 2 aromatic carbocycles. The van der Waals surface area contributed by atoms with Crippen molar-refractivity contribution in [2.75, 3.05) is 0 Å². The zero-order valence-electron chi connectivity index (χ0n) is 11.0. The van der Waals surface area contributed by atoms with Gasteiger partial charge >= 0.3 is 0 Å². The van der Waals surface area contributed by atoms with Crippen molar-refractivity contribution in [2.24, 2.45) is 0 Å². The van der Waals surface area contributed by atoms with Gasteiger partial charge in [-0.1, -0.05) is 65.3 Å². The third-order valence-electron chi connectivity index (χ3n) is 3.18. The molecule has 0 spiro atoms. The summed E-state index contributed by atoms with van der Waals surface area (Å²) in [5, 5.41) is 0. The van der Waals surface area contributed by atoms with Gasteiger partial charge in [0.1, 0.15) is 5.78 Å². The fourth-order valence-corrected chi connectivity index (χ4v) is 2.46. The van der Waals surface area contributed by atoms with Gasteiger partial charge in [0.25, 0.3) is 0 Å². The lowest BCUT2D eigenvalue weighted by atomic mass is 10.0. The van der Waals surface area contributed by atoms with Crippen molar-refractivity contribution in [2.45, 2.75) is 26.2 Å². The number of halogens is 1. The normalized spacial score (nSPS) is 10.4. The number of ketones is 1. The first-order valence-electron chi connectivity index (χ1n) is 6.52. The van der Waals surface area contributed by atoms with Gasteiger partial charge in [0.05, 0.1) is 0 Å². The topological polar surface area (TPSA) is 17.1 Å². The molecular formula is C17H17BrO. The van der Waals surface area contributed by atoms with Crippen LogP contribution in [-0.2, 0) is 24.1 Å². The molecule has 0 heterocycles. The van der Waals surface area contributed by atoms with E-state index in [9.17, 15) is 4.79 Å². The van der Waals surface area contributed by atoms with Crippen LogP contribution in [0, 0.1) is 0 Å². The van der Waals surface area contributed by atoms with Crippen LogP contribution in [0.3, 0.4) is 0 Å². The number of hydrogen-bond donors (Lipinski definition) is 0. The van der Waals surface area contributed by atoms with Gasteiger partial charge in [0.15, 0.2) is 0 Å². The summed E-state index contributed by atoms with van der Waals surface area (Å²) in [7, 11) is 0. The van der Waals surface area contributed by atoms with E-state index in [0.29, 0.717) is 12.8 Å². The maximum atomic E-state index is 12.1. The molecule has 0 aliphatic rings. The standard InChI is InChI=1S/C17H17BrO/c1-2-13-7-9-14(10-8-13)11-16(19)12-15-5-3-4-6-17(15)18/h3-10H,2,11-12H2,1H3. The molecule has 0 amide bonds. The smallest absolute Gasteiger partial charge is 0.141 e. The van der Waals surface area contributed by atoms with E-state index in [4.69, 9.17) is 0 Å². The molecule has 0 atom stereocenters. The highest BCUT2D eigenvalue weighted by Gasteiger charge is 2.07. The largest absolute Gasteiger partial charge is 0.299 e. The fourth-order valence-electron chi connectivity index (χ4n) is 2.04. The van der Waals surface area contributed by atoms with Crippen molar-refractivity contribution in [1.29, 1.82) is 0 Å². The second-order valence-corrected chi connectivity index (χ2v) is 5.51. The zero-order valence-corrected chi connectivity index (χ0v) is 12.6. The van der Waals surface area contributed by atoms with E-state index in [-0.39, 0.29) is 5.78 Å². The minimum Gasteiger partial charge on any atom is -0.299 e. The van der Waals surface area contributed by atoms with Crippen LogP contribution in [0.1, 0.15) is 23.6 Å². The Bertz CT molecular complexity index is 558. The number of carbonyl (C=O) groups excluding carboxylic acids is 1. The fraction of sp³-hybridized carbons (Fsp3) is 0.235. The van der Waals surface area contributed by atoms with Crippen LogP contribution in [0.15, 0.2) is 53.0 Å². The molecule has 98 valence electrons. The van der Waals surface area contributed by atoms with Crippen molar-refractivity contribution < 1.29 is 4.79 Å². The summed E-state index contributed by atoms with van der Waals surface area (Å²) in [6.07, 6.45) is 2.02. The monoisotopic (exact) mass is 316 g/mol. The SMILES string of the molecule is CCc1ccc(CC(=O)Cc2ccccc2Br)cc1. The van der Waals surface area contributed by atoms with E-state index < -0.39 is 0 Å². The minimum absolute atomic E-state index is 0.246. The predicted molar refractivity (Wildman–Crippen MR) is 82.4 cm³/mol. The Balaban J connectivity index is 1.99. The number of hydrogen-bond acceptors (Lipinski definition) is 1. The summed E-state index contributed by atoms with van der Waals surface area (Å²) in [4.78, 5) is 12.1. The number of carbonyl (C=O) groups is 1. The van der Waals surface area contributed by atoms with Crippen molar-refractivity contribution in [3.05, 3.63) is 69.7 Å². The molecule has 2 heteroatoms. The Morgan fingerprint density at radius 3 is 2.21 bits per heavy atom. The molecule has 0 saturated carbocycles. The minimum atomic E-state index is 0.246. The average Bonchev–Trinajstić information content (AvgIpc) is 2.42. The van der Waals surface area contributed by atoms with Crippen molar-refractivity contribution in [3.63, 3.8) is 0 Å². The van der Waals surface area contributed by atoms with Crippen molar-refractivity contribution >= 4 is 21.7 Å². The molecule has 19 heavy (non-hydrogen) atoms. The highest BCUT2D eigenvalue weighted by atomic mass is 79.9. The van der Waals surface area contributed by atoms with Crippen molar-refractivity contribution in [1.82, 2.24) is 0 Å². The molecular weight excluding hydrogens is 300 g/mol. The van der Waals surface area contributed by atoms with Gasteiger partial charge < -0.3 is 0 Å². The first-order valence-corrected chi connectivity index (χ1v) is 7.31. The summed E-state index contributed by atoms with van der Waals surface area (Å²) in [5.41, 5.74) is 3.45. The first-order chi connectivity index (χ1) is 9.19. The van der Waals surface area contributed by atoms with Crippen LogP contribution in [0.4, 0.5) is 0 Å². The highest BCUT2D eigenvalue weighted by Crippen LogP contribution is 2.17. The number of aryl methyl sites for hydroxylation is 1. The lowest BCUT2D eigenvalue weighted by Crippen LogP contribution is -2.07. The third kappa shape index (κ3) is 4.03. The molecule has 0 saturated heterocycles. The summed E-state index contributed by atoms with van der Waals surface area (Å²) >= 11 is 3.48. The van der Waals surface area contributed by atoms with Crippen LogP contribution in [0.25, 0.3) is 0 Å². The van der Waals surface area contributed by atoms with Gasteiger partial charge in [-0.2, -0.15) is 0 Å². The Hall–Kier alpha value is -1.41. The van der Waals surface area contributed by atoms with E-state index in [1.54, 1.807) is 0 Å². The number of benzene rings is 2. The second kappa shape index (κ2) is 6.67. The molecule has 0 aromatic heterocycles. The lowest BCUT2D eigenvalue weighted by Gasteiger charge is -2.05. The van der Waals surface area contributed by atoms with Gasteiger partial charge in [0, 0.05) is 17.3 Å². The van der Waals surface area contributed by atoms with Crippen LogP contribution < -0.4 is 0 Å². The summed E-state index contributed by atoms with van der Waals surface area (Å²) in [6.45, 7) is 2.13. The summed E-state index contributed by atoms with van der Waals surface area (Å²) < 4.78 is 1.00. The van der Waals surface area contributed by atoms with Crippen LogP contribution in [0.5, 0.6) is 0 Å². The van der Waals surface area contributed by atoms with Gasteiger partial charge in [-0.25, -0.2) is 0 Å². The molecule has 0 unspecified atom stereocenters. The molecule has 2 rings (SSSR count). The Morgan fingerprint density at radius 2 is 1.58 bits per heavy atom. The Morgan fingerprint density at radius 1 is 0.947 bits per heavy atom. The number of rotatable bonds is 5. The molecule has 0 aliphatic carbocycles. The van der Waals surface area contributed by atoms with E-state index in [1.807, 2.05) is 24.3 Å². The van der Waals surface area contributed by atoms with Crippen molar-refractivity contribution in [3.8, 4) is 0 Å². The first kappa shape index (κ1) is 14.0. The molecule has 0 bridgehead atoms. The van der Waals surface area contributed by atoms with Crippen LogP contribution in [-0.4, -0.2) is 5.78 Å². The maximum Gasteiger partial charge on any atom is 0.141 e. The van der Waals surface area contributed by atoms with Crippen LogP contribution >= 0.6 is 15.9 Å². The van der Waals surface area contributed by atoms with Gasteiger partial charge in [0.2, 0.25) is 0 Å². The lowest BCUT2D eigenvalue weighted by molar-refractivity contribution is -0.117.